The van der Waals surface area contributed by atoms with Crippen molar-refractivity contribution in [1.82, 2.24) is 10.3 Å². The van der Waals surface area contributed by atoms with Crippen LogP contribution in [0.5, 0.6) is 5.75 Å². The van der Waals surface area contributed by atoms with Crippen molar-refractivity contribution in [1.29, 1.82) is 0 Å². The van der Waals surface area contributed by atoms with E-state index in [0.717, 1.165) is 55.3 Å². The highest BCUT2D eigenvalue weighted by atomic mass is 35.5. The maximum absolute atomic E-state index is 11.7. The van der Waals surface area contributed by atoms with E-state index >= 15 is 0 Å². The molecular formula is C28H34Cl2N2O4. The van der Waals surface area contributed by atoms with Gasteiger partial charge in [0.1, 0.15) is 11.3 Å². The first-order chi connectivity index (χ1) is 16.6. The van der Waals surface area contributed by atoms with Crippen LogP contribution < -0.4 is 10.1 Å². The highest BCUT2D eigenvalue weighted by Crippen LogP contribution is 2.31. The number of carboxylic acid groups (broad SMARTS) is 1. The highest BCUT2D eigenvalue weighted by Gasteiger charge is 2.19. The van der Waals surface area contributed by atoms with Gasteiger partial charge in [0.05, 0.1) is 12.2 Å². The predicted octanol–water partition coefficient (Wildman–Crippen LogP) is 5.87. The van der Waals surface area contributed by atoms with Gasteiger partial charge < -0.3 is 20.3 Å². The number of carbonyl (C=O) groups is 1. The molecule has 3 N–H and O–H groups in total. The molecule has 0 saturated heterocycles. The third-order valence-electron chi connectivity index (χ3n) is 6.34. The molecule has 0 bridgehead atoms. The highest BCUT2D eigenvalue weighted by molar-refractivity contribution is 5.92. The average Bonchev–Trinajstić information content (AvgIpc) is 2.88. The minimum absolute atomic E-state index is 0. The van der Waals surface area contributed by atoms with Crippen molar-refractivity contribution >= 4 is 30.8 Å². The summed E-state index contributed by atoms with van der Waals surface area (Å²) in [6.07, 6.45) is 9.17. The van der Waals surface area contributed by atoms with Crippen molar-refractivity contribution in [3.63, 3.8) is 0 Å². The van der Waals surface area contributed by atoms with Crippen LogP contribution in [0.15, 0.2) is 67.0 Å². The lowest BCUT2D eigenvalue weighted by atomic mass is 9.97. The number of nitrogens with one attached hydrogen (secondary N) is 1. The first-order valence-corrected chi connectivity index (χ1v) is 12.0. The summed E-state index contributed by atoms with van der Waals surface area (Å²) in [6, 6.07) is 17.3. The lowest BCUT2D eigenvalue weighted by Crippen LogP contribution is -2.23. The van der Waals surface area contributed by atoms with Gasteiger partial charge in [-0.1, -0.05) is 42.8 Å². The van der Waals surface area contributed by atoms with Crippen LogP contribution in [-0.2, 0) is 6.42 Å². The van der Waals surface area contributed by atoms with E-state index in [1.165, 1.54) is 12.0 Å². The van der Waals surface area contributed by atoms with Crippen LogP contribution in [0.4, 0.5) is 0 Å². The van der Waals surface area contributed by atoms with Crippen molar-refractivity contribution < 1.29 is 19.7 Å². The molecule has 4 rings (SSSR count). The Kier molecular flexibility index (Phi) is 12.2. The molecule has 1 fully saturated rings. The average molecular weight is 533 g/mol. The number of ether oxygens (including phenoxy) is 1. The maximum atomic E-state index is 11.7. The van der Waals surface area contributed by atoms with Crippen molar-refractivity contribution in [3.05, 3.63) is 83.7 Å². The Morgan fingerprint density at radius 3 is 2.42 bits per heavy atom. The molecule has 0 unspecified atom stereocenters. The van der Waals surface area contributed by atoms with Gasteiger partial charge in [0, 0.05) is 24.5 Å². The summed E-state index contributed by atoms with van der Waals surface area (Å²) in [5.74, 6) is -0.508. The second kappa shape index (κ2) is 14.8. The summed E-state index contributed by atoms with van der Waals surface area (Å²) in [7, 11) is 0. The zero-order valence-electron chi connectivity index (χ0n) is 20.1. The molecule has 0 amide bonds. The number of aliphatic hydroxyl groups excluding tert-OH is 1. The Bertz CT molecular complexity index is 1070. The van der Waals surface area contributed by atoms with Gasteiger partial charge in [0.15, 0.2) is 0 Å². The number of aromatic carboxylic acids is 1. The Labute approximate surface area is 224 Å². The minimum Gasteiger partial charge on any atom is -0.490 e. The fourth-order valence-electron chi connectivity index (χ4n) is 4.36. The second-order valence-corrected chi connectivity index (χ2v) is 8.85. The molecule has 1 aromatic heterocycles. The van der Waals surface area contributed by atoms with Crippen LogP contribution >= 0.6 is 24.8 Å². The standard InChI is InChI=1S/C28H32N2O4.2ClH/c31-26(23-5-4-15-29-18-23)19-30-16-14-20-8-10-21(11-9-20)22-12-13-25(28(32)33)27(17-22)34-24-6-2-1-3-7-24;;/h4-5,8-13,15,17-18,24,26,30-31H,1-3,6-7,14,16,19H2,(H,32,33);2*1H/t26-;;/m0../s1. The van der Waals surface area contributed by atoms with Gasteiger partial charge in [-0.15, -0.1) is 24.8 Å². The van der Waals surface area contributed by atoms with Crippen LogP contribution in [0.25, 0.3) is 11.1 Å². The number of aromatic nitrogens is 1. The third-order valence-corrected chi connectivity index (χ3v) is 6.34. The molecule has 1 aliphatic rings. The first-order valence-electron chi connectivity index (χ1n) is 12.0. The maximum Gasteiger partial charge on any atom is 0.339 e. The number of pyridine rings is 1. The van der Waals surface area contributed by atoms with Gasteiger partial charge >= 0.3 is 5.97 Å². The van der Waals surface area contributed by atoms with Gasteiger partial charge in [-0.2, -0.15) is 0 Å². The number of aliphatic hydroxyl groups is 1. The minimum atomic E-state index is -0.964. The monoisotopic (exact) mass is 532 g/mol. The van der Waals surface area contributed by atoms with E-state index in [4.69, 9.17) is 4.74 Å². The number of hydrogen-bond acceptors (Lipinski definition) is 5. The van der Waals surface area contributed by atoms with Crippen molar-refractivity contribution in [2.75, 3.05) is 13.1 Å². The van der Waals surface area contributed by atoms with E-state index in [1.807, 2.05) is 24.3 Å². The number of benzene rings is 2. The van der Waals surface area contributed by atoms with E-state index in [0.29, 0.717) is 12.3 Å². The fraction of sp³-hybridized carbons (Fsp3) is 0.357. The molecule has 6 nitrogen and oxygen atoms in total. The summed E-state index contributed by atoms with van der Waals surface area (Å²) in [5, 5.41) is 23.1. The van der Waals surface area contributed by atoms with Gasteiger partial charge in [-0.3, -0.25) is 4.98 Å². The summed E-state index contributed by atoms with van der Waals surface area (Å²) in [6.45, 7) is 1.23. The Morgan fingerprint density at radius 1 is 1.03 bits per heavy atom. The molecular weight excluding hydrogens is 499 g/mol. The molecule has 1 atom stereocenters. The number of hydrogen-bond donors (Lipinski definition) is 3. The van der Waals surface area contributed by atoms with Gasteiger partial charge in [-0.05, 0) is 73.5 Å². The van der Waals surface area contributed by atoms with Gasteiger partial charge in [0.2, 0.25) is 0 Å². The van der Waals surface area contributed by atoms with Crippen LogP contribution in [0.1, 0.15) is 59.7 Å². The van der Waals surface area contributed by atoms with Gasteiger partial charge in [0.25, 0.3) is 0 Å². The summed E-state index contributed by atoms with van der Waals surface area (Å²) < 4.78 is 6.14. The van der Waals surface area contributed by atoms with Crippen molar-refractivity contribution in [3.8, 4) is 16.9 Å². The Balaban J connectivity index is 0.00000228. The van der Waals surface area contributed by atoms with E-state index in [1.54, 1.807) is 18.5 Å². The van der Waals surface area contributed by atoms with E-state index < -0.39 is 12.1 Å². The number of nitrogens with zero attached hydrogens (tertiary/aromatic N) is 1. The molecule has 8 heteroatoms. The third kappa shape index (κ3) is 8.20. The number of rotatable bonds is 10. The molecule has 0 radical (unpaired) electrons. The van der Waals surface area contributed by atoms with Crippen molar-refractivity contribution in [2.24, 2.45) is 0 Å². The SMILES string of the molecule is Cl.Cl.O=C(O)c1ccc(-c2ccc(CCNC[C@H](O)c3cccnc3)cc2)cc1OC1CCCCC1. The van der Waals surface area contributed by atoms with Gasteiger partial charge in [-0.25, -0.2) is 4.79 Å². The van der Waals surface area contributed by atoms with E-state index in [2.05, 4.69) is 34.6 Å². The molecule has 1 aliphatic carbocycles. The Hall–Kier alpha value is -2.64. The second-order valence-electron chi connectivity index (χ2n) is 8.85. The quantitative estimate of drug-likeness (QED) is 0.283. The molecule has 0 aliphatic heterocycles. The lowest BCUT2D eigenvalue weighted by molar-refractivity contribution is 0.0686. The topological polar surface area (TPSA) is 91.7 Å². The predicted molar refractivity (Wildman–Crippen MR) is 147 cm³/mol. The Morgan fingerprint density at radius 2 is 1.75 bits per heavy atom. The van der Waals surface area contributed by atoms with Crippen LogP contribution in [0.3, 0.4) is 0 Å². The van der Waals surface area contributed by atoms with E-state index in [-0.39, 0.29) is 36.5 Å². The fourth-order valence-corrected chi connectivity index (χ4v) is 4.36. The summed E-state index contributed by atoms with van der Waals surface area (Å²) in [4.78, 5) is 15.7. The largest absolute Gasteiger partial charge is 0.490 e. The number of carboxylic acids is 1. The molecule has 1 saturated carbocycles. The summed E-state index contributed by atoms with van der Waals surface area (Å²) in [5.41, 5.74) is 4.17. The first kappa shape index (κ1) is 29.6. The van der Waals surface area contributed by atoms with Crippen LogP contribution in [-0.4, -0.2) is 40.4 Å². The molecule has 194 valence electrons. The molecule has 1 heterocycles. The molecule has 2 aromatic carbocycles. The zero-order valence-corrected chi connectivity index (χ0v) is 21.8. The normalized spacial score (nSPS) is 14.2. The van der Waals surface area contributed by atoms with Crippen molar-refractivity contribution in [2.45, 2.75) is 50.7 Å². The van der Waals surface area contributed by atoms with Crippen LogP contribution in [0.2, 0.25) is 0 Å². The summed E-state index contributed by atoms with van der Waals surface area (Å²) >= 11 is 0. The molecule has 3 aromatic rings. The number of halogens is 2. The zero-order chi connectivity index (χ0) is 23.8. The smallest absolute Gasteiger partial charge is 0.339 e. The molecule has 36 heavy (non-hydrogen) atoms. The molecule has 0 spiro atoms. The van der Waals surface area contributed by atoms with Crippen LogP contribution in [0, 0.1) is 0 Å². The lowest BCUT2D eigenvalue weighted by Gasteiger charge is -2.24. The van der Waals surface area contributed by atoms with E-state index in [9.17, 15) is 15.0 Å².